The minimum absolute atomic E-state index is 0.211. The molecule has 1 aromatic heterocycles. The fourth-order valence-corrected chi connectivity index (χ4v) is 1.71. The Labute approximate surface area is 119 Å². The van der Waals surface area contributed by atoms with Crippen molar-refractivity contribution in [2.75, 3.05) is 13.7 Å². The number of hydrogen-bond acceptors (Lipinski definition) is 4. The molecule has 0 atom stereocenters. The largest absolute Gasteiger partial charge is 0.469 e. The number of pyridine rings is 1. The Balaban J connectivity index is 2.34. The monoisotopic (exact) mass is 278 g/mol. The summed E-state index contributed by atoms with van der Waals surface area (Å²) in [5, 5.41) is 2.73. The van der Waals surface area contributed by atoms with Crippen molar-refractivity contribution in [2.24, 2.45) is 0 Å². The van der Waals surface area contributed by atoms with Gasteiger partial charge >= 0.3 is 5.97 Å². The average Bonchev–Trinajstić information content (AvgIpc) is 2.49. The predicted molar refractivity (Wildman–Crippen MR) is 76.4 cm³/mol. The molecule has 0 bridgehead atoms. The van der Waals surface area contributed by atoms with E-state index in [0.717, 1.165) is 24.8 Å². The Morgan fingerprint density at radius 1 is 1.30 bits per heavy atom. The van der Waals surface area contributed by atoms with Crippen molar-refractivity contribution in [1.29, 1.82) is 0 Å². The number of amides is 1. The first-order valence-electron chi connectivity index (χ1n) is 6.97. The van der Waals surface area contributed by atoms with Crippen LogP contribution >= 0.6 is 0 Å². The average molecular weight is 278 g/mol. The number of rotatable bonds is 8. The number of unbranched alkanes of at least 4 members (excludes halogenated alkanes) is 1. The van der Waals surface area contributed by atoms with Crippen LogP contribution in [0.2, 0.25) is 0 Å². The molecular formula is C15H22N2O3. The van der Waals surface area contributed by atoms with Crippen LogP contribution in [0.3, 0.4) is 0 Å². The summed E-state index contributed by atoms with van der Waals surface area (Å²) in [6.07, 6.45) is 5.87. The molecule has 5 heteroatoms. The molecule has 0 aromatic carbocycles. The van der Waals surface area contributed by atoms with E-state index in [0.29, 0.717) is 25.1 Å². The van der Waals surface area contributed by atoms with Gasteiger partial charge in [-0.3, -0.25) is 14.6 Å². The van der Waals surface area contributed by atoms with Crippen molar-refractivity contribution < 1.29 is 14.3 Å². The molecule has 0 aliphatic heterocycles. The first-order chi connectivity index (χ1) is 9.67. The van der Waals surface area contributed by atoms with E-state index < -0.39 is 0 Å². The van der Waals surface area contributed by atoms with Crippen LogP contribution in [-0.4, -0.2) is 30.5 Å². The maximum atomic E-state index is 11.8. The fourth-order valence-electron chi connectivity index (χ4n) is 1.71. The van der Waals surface area contributed by atoms with E-state index in [1.807, 2.05) is 6.07 Å². The summed E-state index contributed by atoms with van der Waals surface area (Å²) in [4.78, 5) is 26.9. The molecule has 20 heavy (non-hydrogen) atoms. The second kappa shape index (κ2) is 9.07. The predicted octanol–water partition coefficient (Wildman–Crippen LogP) is 2.11. The van der Waals surface area contributed by atoms with Crippen molar-refractivity contribution in [2.45, 2.75) is 39.0 Å². The second-order valence-corrected chi connectivity index (χ2v) is 4.59. The number of nitrogens with one attached hydrogen (secondary N) is 1. The Kier molecular flexibility index (Phi) is 7.32. The highest BCUT2D eigenvalue weighted by molar-refractivity contribution is 5.92. The number of carbonyl (C=O) groups is 2. The van der Waals surface area contributed by atoms with Gasteiger partial charge < -0.3 is 10.1 Å². The van der Waals surface area contributed by atoms with Gasteiger partial charge in [-0.15, -0.1) is 0 Å². The third-order valence-corrected chi connectivity index (χ3v) is 2.95. The van der Waals surface area contributed by atoms with E-state index in [4.69, 9.17) is 0 Å². The molecule has 1 amide bonds. The van der Waals surface area contributed by atoms with E-state index in [-0.39, 0.29) is 11.9 Å². The van der Waals surface area contributed by atoms with E-state index in [9.17, 15) is 9.59 Å². The van der Waals surface area contributed by atoms with Crippen molar-refractivity contribution in [3.8, 4) is 0 Å². The molecule has 5 nitrogen and oxygen atoms in total. The van der Waals surface area contributed by atoms with Crippen LogP contribution in [0.5, 0.6) is 0 Å². The lowest BCUT2D eigenvalue weighted by molar-refractivity contribution is -0.140. The molecule has 1 heterocycles. The number of esters is 1. The Morgan fingerprint density at radius 3 is 2.70 bits per heavy atom. The smallest absolute Gasteiger partial charge is 0.305 e. The van der Waals surface area contributed by atoms with Crippen LogP contribution in [0.1, 0.15) is 48.7 Å². The fraction of sp³-hybridized carbons (Fsp3) is 0.533. The molecule has 0 radical (unpaired) electrons. The molecule has 1 rings (SSSR count). The van der Waals surface area contributed by atoms with Crippen LogP contribution in [0.4, 0.5) is 0 Å². The zero-order chi connectivity index (χ0) is 14.8. The number of methoxy groups -OCH3 is 1. The standard InChI is InChI=1S/C15H22N2O3/c1-3-4-6-12-8-9-13(17-11-12)15(19)16-10-5-7-14(18)20-2/h8-9,11H,3-7,10H2,1-2H3,(H,16,19). The van der Waals surface area contributed by atoms with Gasteiger partial charge in [0.2, 0.25) is 0 Å². The van der Waals surface area contributed by atoms with E-state index in [1.54, 1.807) is 12.3 Å². The molecule has 0 spiro atoms. The summed E-state index contributed by atoms with van der Waals surface area (Å²) in [7, 11) is 1.35. The van der Waals surface area contributed by atoms with E-state index in [1.165, 1.54) is 7.11 Å². The van der Waals surface area contributed by atoms with Gasteiger partial charge in [-0.1, -0.05) is 19.4 Å². The lowest BCUT2D eigenvalue weighted by Crippen LogP contribution is -2.25. The zero-order valence-corrected chi connectivity index (χ0v) is 12.1. The summed E-state index contributed by atoms with van der Waals surface area (Å²) in [6, 6.07) is 3.67. The van der Waals surface area contributed by atoms with Gasteiger partial charge in [-0.2, -0.15) is 0 Å². The van der Waals surface area contributed by atoms with Gasteiger partial charge in [0.1, 0.15) is 5.69 Å². The molecule has 110 valence electrons. The van der Waals surface area contributed by atoms with E-state index in [2.05, 4.69) is 22.0 Å². The van der Waals surface area contributed by atoms with Crippen LogP contribution in [-0.2, 0) is 16.0 Å². The first-order valence-corrected chi connectivity index (χ1v) is 6.97. The molecule has 0 aliphatic carbocycles. The maximum absolute atomic E-state index is 11.8. The Morgan fingerprint density at radius 2 is 2.10 bits per heavy atom. The molecule has 1 aromatic rings. The summed E-state index contributed by atoms with van der Waals surface area (Å²) in [5.74, 6) is -0.477. The number of hydrogen-bond donors (Lipinski definition) is 1. The number of aryl methyl sites for hydroxylation is 1. The summed E-state index contributed by atoms with van der Waals surface area (Å²) >= 11 is 0. The van der Waals surface area contributed by atoms with Gasteiger partial charge in [0, 0.05) is 19.2 Å². The first kappa shape index (κ1) is 16.1. The number of carbonyl (C=O) groups excluding carboxylic acids is 2. The molecule has 0 saturated carbocycles. The minimum Gasteiger partial charge on any atom is -0.469 e. The van der Waals surface area contributed by atoms with Gasteiger partial charge in [0.05, 0.1) is 7.11 Å². The van der Waals surface area contributed by atoms with Crippen LogP contribution in [0.25, 0.3) is 0 Å². The lowest BCUT2D eigenvalue weighted by Gasteiger charge is -2.05. The quantitative estimate of drug-likeness (QED) is 0.584. The molecule has 0 unspecified atom stereocenters. The maximum Gasteiger partial charge on any atom is 0.305 e. The molecule has 0 aliphatic rings. The molecule has 0 fully saturated rings. The highest BCUT2D eigenvalue weighted by atomic mass is 16.5. The number of ether oxygens (including phenoxy) is 1. The minimum atomic E-state index is -0.266. The van der Waals surface area contributed by atoms with Crippen molar-refractivity contribution in [3.05, 3.63) is 29.6 Å². The van der Waals surface area contributed by atoms with Crippen molar-refractivity contribution in [1.82, 2.24) is 10.3 Å². The summed E-state index contributed by atoms with van der Waals surface area (Å²) in [6.45, 7) is 2.58. The normalized spacial score (nSPS) is 10.1. The van der Waals surface area contributed by atoms with Gasteiger partial charge in [-0.05, 0) is 30.9 Å². The van der Waals surface area contributed by atoms with Crippen LogP contribution in [0, 0.1) is 0 Å². The highest BCUT2D eigenvalue weighted by Gasteiger charge is 2.07. The molecule has 0 saturated heterocycles. The molecule has 1 N–H and O–H groups in total. The second-order valence-electron chi connectivity index (χ2n) is 4.59. The third kappa shape index (κ3) is 5.82. The molecular weight excluding hydrogens is 256 g/mol. The van der Waals surface area contributed by atoms with Crippen molar-refractivity contribution >= 4 is 11.9 Å². The topological polar surface area (TPSA) is 68.3 Å². The highest BCUT2D eigenvalue weighted by Crippen LogP contribution is 2.05. The third-order valence-electron chi connectivity index (χ3n) is 2.95. The van der Waals surface area contributed by atoms with Crippen LogP contribution < -0.4 is 5.32 Å². The summed E-state index contributed by atoms with van der Waals surface area (Å²) in [5.41, 5.74) is 1.55. The van der Waals surface area contributed by atoms with Gasteiger partial charge in [0.15, 0.2) is 0 Å². The van der Waals surface area contributed by atoms with Gasteiger partial charge in [0.25, 0.3) is 5.91 Å². The summed E-state index contributed by atoms with van der Waals surface area (Å²) < 4.78 is 4.52. The van der Waals surface area contributed by atoms with E-state index >= 15 is 0 Å². The Hall–Kier alpha value is -1.91. The zero-order valence-electron chi connectivity index (χ0n) is 12.1. The number of aromatic nitrogens is 1. The van der Waals surface area contributed by atoms with Gasteiger partial charge in [-0.25, -0.2) is 0 Å². The SMILES string of the molecule is CCCCc1ccc(C(=O)NCCCC(=O)OC)nc1. The van der Waals surface area contributed by atoms with Crippen LogP contribution in [0.15, 0.2) is 18.3 Å². The van der Waals surface area contributed by atoms with Crippen molar-refractivity contribution in [3.63, 3.8) is 0 Å². The lowest BCUT2D eigenvalue weighted by atomic mass is 10.1. The number of nitrogens with zero attached hydrogens (tertiary/aromatic N) is 1. The Bertz CT molecular complexity index is 429.